The third-order valence-electron chi connectivity index (χ3n) is 0.810. The van der Waals surface area contributed by atoms with E-state index in [0.717, 1.165) is 0 Å². The van der Waals surface area contributed by atoms with Gasteiger partial charge < -0.3 is 9.84 Å². The van der Waals surface area contributed by atoms with Gasteiger partial charge in [-0.3, -0.25) is 4.79 Å². The summed E-state index contributed by atoms with van der Waals surface area (Å²) in [6.07, 6.45) is 0. The predicted octanol–water partition coefficient (Wildman–Crippen LogP) is 1.33. The van der Waals surface area contributed by atoms with Crippen molar-refractivity contribution in [1.29, 1.82) is 0 Å². The van der Waals surface area contributed by atoms with E-state index in [-0.39, 0.29) is 26.6 Å². The Balaban J connectivity index is 0. The fraction of sp³-hybridized carbons (Fsp3) is 0.857. The van der Waals surface area contributed by atoms with E-state index >= 15 is 0 Å². The molecular weight excluding hydrogens is 212 g/mol. The molecule has 4 heteroatoms. The van der Waals surface area contributed by atoms with Gasteiger partial charge in [-0.05, 0) is 13.8 Å². The van der Waals surface area contributed by atoms with Gasteiger partial charge in [0.1, 0.15) is 10.9 Å². The molecule has 11 heavy (non-hydrogen) atoms. The van der Waals surface area contributed by atoms with E-state index in [4.69, 9.17) is 5.11 Å². The van der Waals surface area contributed by atoms with Crippen molar-refractivity contribution in [2.45, 2.75) is 25.6 Å². The van der Waals surface area contributed by atoms with Crippen LogP contribution in [0, 0.1) is 0 Å². The fourth-order valence-corrected chi connectivity index (χ4v) is 0.424. The molecule has 0 spiro atoms. The quantitative estimate of drug-likeness (QED) is 0.584. The second kappa shape index (κ2) is 5.55. The molecule has 0 rings (SSSR count). The van der Waals surface area contributed by atoms with Crippen LogP contribution in [0.15, 0.2) is 0 Å². The highest BCUT2D eigenvalue weighted by atomic mass is 79.9. The Morgan fingerprint density at radius 2 is 2.09 bits per heavy atom. The first kappa shape index (κ1) is 13.5. The van der Waals surface area contributed by atoms with Crippen molar-refractivity contribution < 1.29 is 14.6 Å². The number of ether oxygens (including phenoxy) is 1. The number of hydrogen-bond donors (Lipinski definition) is 1. The van der Waals surface area contributed by atoms with Crippen LogP contribution >= 0.6 is 15.9 Å². The molecule has 0 aromatic heterocycles. The molecule has 0 radical (unpaired) electrons. The molecule has 0 saturated heterocycles. The maximum atomic E-state index is 10.8. The summed E-state index contributed by atoms with van der Waals surface area (Å²) in [5.41, 5.74) is 0. The lowest BCUT2D eigenvalue weighted by Gasteiger charge is -2.13. The maximum Gasteiger partial charge on any atom is 0.322 e. The van der Waals surface area contributed by atoms with Gasteiger partial charge in [-0.25, -0.2) is 0 Å². The molecule has 0 amide bonds. The first-order valence-corrected chi connectivity index (χ1v) is 3.75. The highest BCUT2D eigenvalue weighted by Gasteiger charge is 2.24. The standard InChI is InChI=1S/C6H11BrO3.CH4/c1-6(2,7)5(9)10-4-3-8;/h8H,3-4H2,1-2H3;1H4. The van der Waals surface area contributed by atoms with E-state index in [9.17, 15) is 4.79 Å². The minimum absolute atomic E-state index is 0. The number of alkyl halides is 1. The van der Waals surface area contributed by atoms with Crippen LogP contribution in [0.2, 0.25) is 0 Å². The Bertz CT molecular complexity index is 117. The molecular formula is C7H15BrO3. The van der Waals surface area contributed by atoms with Crippen molar-refractivity contribution in [3.8, 4) is 0 Å². The largest absolute Gasteiger partial charge is 0.462 e. The smallest absolute Gasteiger partial charge is 0.322 e. The monoisotopic (exact) mass is 226 g/mol. The van der Waals surface area contributed by atoms with Crippen LogP contribution in [-0.4, -0.2) is 28.6 Å². The SMILES string of the molecule is C.CC(C)(Br)C(=O)OCCO. The van der Waals surface area contributed by atoms with Gasteiger partial charge in [0.05, 0.1) is 6.61 Å². The van der Waals surface area contributed by atoms with Gasteiger partial charge in [0.2, 0.25) is 0 Å². The summed E-state index contributed by atoms with van der Waals surface area (Å²) >= 11 is 3.12. The molecule has 0 saturated carbocycles. The summed E-state index contributed by atoms with van der Waals surface area (Å²) in [6.45, 7) is 3.31. The summed E-state index contributed by atoms with van der Waals surface area (Å²) < 4.78 is 3.97. The maximum absolute atomic E-state index is 10.8. The molecule has 0 aromatic rings. The normalized spacial score (nSPS) is 10.2. The number of aliphatic hydroxyl groups is 1. The van der Waals surface area contributed by atoms with Crippen LogP contribution in [0.25, 0.3) is 0 Å². The van der Waals surface area contributed by atoms with Crippen LogP contribution in [0.5, 0.6) is 0 Å². The molecule has 1 N–H and O–H groups in total. The average molecular weight is 227 g/mol. The van der Waals surface area contributed by atoms with Crippen molar-refractivity contribution >= 4 is 21.9 Å². The fourth-order valence-electron chi connectivity index (χ4n) is 0.310. The summed E-state index contributed by atoms with van der Waals surface area (Å²) in [5, 5.41) is 8.29. The number of esters is 1. The topological polar surface area (TPSA) is 46.5 Å². The number of rotatable bonds is 3. The van der Waals surface area contributed by atoms with E-state index in [2.05, 4.69) is 20.7 Å². The molecule has 3 nitrogen and oxygen atoms in total. The van der Waals surface area contributed by atoms with Gasteiger partial charge in [0, 0.05) is 0 Å². The van der Waals surface area contributed by atoms with Gasteiger partial charge in [-0.2, -0.15) is 0 Å². The van der Waals surface area contributed by atoms with E-state index in [1.54, 1.807) is 13.8 Å². The Kier molecular flexibility index (Phi) is 6.81. The van der Waals surface area contributed by atoms with Crippen molar-refractivity contribution in [3.05, 3.63) is 0 Å². The van der Waals surface area contributed by atoms with E-state index in [1.165, 1.54) is 0 Å². The zero-order valence-corrected chi connectivity index (χ0v) is 7.64. The second-order valence-corrected chi connectivity index (χ2v) is 4.31. The third kappa shape index (κ3) is 6.31. The molecule has 0 aliphatic heterocycles. The highest BCUT2D eigenvalue weighted by molar-refractivity contribution is 9.10. The Labute approximate surface area is 75.9 Å². The predicted molar refractivity (Wildman–Crippen MR) is 47.8 cm³/mol. The lowest BCUT2D eigenvalue weighted by molar-refractivity contribution is -0.146. The molecule has 0 atom stereocenters. The highest BCUT2D eigenvalue weighted by Crippen LogP contribution is 2.16. The minimum Gasteiger partial charge on any atom is -0.462 e. The summed E-state index contributed by atoms with van der Waals surface area (Å²) in [5.74, 6) is -0.360. The van der Waals surface area contributed by atoms with Crippen molar-refractivity contribution in [2.75, 3.05) is 13.2 Å². The summed E-state index contributed by atoms with van der Waals surface area (Å²) in [4.78, 5) is 10.8. The van der Waals surface area contributed by atoms with Crippen LogP contribution in [0.1, 0.15) is 21.3 Å². The summed E-state index contributed by atoms with van der Waals surface area (Å²) in [6, 6.07) is 0. The first-order chi connectivity index (χ1) is 4.48. The lowest BCUT2D eigenvalue weighted by atomic mass is 10.2. The number of carbonyl (C=O) groups is 1. The van der Waals surface area contributed by atoms with Crippen LogP contribution < -0.4 is 0 Å². The molecule has 0 aliphatic carbocycles. The van der Waals surface area contributed by atoms with Gasteiger partial charge in [-0.1, -0.05) is 23.4 Å². The molecule has 0 aliphatic rings. The van der Waals surface area contributed by atoms with Crippen LogP contribution in [0.4, 0.5) is 0 Å². The van der Waals surface area contributed by atoms with Crippen molar-refractivity contribution in [2.24, 2.45) is 0 Å². The zero-order chi connectivity index (χ0) is 8.20. The number of halogens is 1. The number of carbonyl (C=O) groups excluding carboxylic acids is 1. The third-order valence-corrected chi connectivity index (χ3v) is 1.13. The van der Waals surface area contributed by atoms with Crippen molar-refractivity contribution in [3.63, 3.8) is 0 Å². The van der Waals surface area contributed by atoms with Crippen molar-refractivity contribution in [1.82, 2.24) is 0 Å². The van der Waals surface area contributed by atoms with Gasteiger partial charge in [-0.15, -0.1) is 0 Å². The molecule has 68 valence electrons. The average Bonchev–Trinajstić information content (AvgIpc) is 1.80. The molecule has 0 bridgehead atoms. The van der Waals surface area contributed by atoms with Gasteiger partial charge in [0.25, 0.3) is 0 Å². The Morgan fingerprint density at radius 1 is 1.64 bits per heavy atom. The minimum atomic E-state index is -0.651. The number of hydrogen-bond acceptors (Lipinski definition) is 3. The molecule has 0 aromatic carbocycles. The van der Waals surface area contributed by atoms with E-state index < -0.39 is 4.32 Å². The summed E-state index contributed by atoms with van der Waals surface area (Å²) in [7, 11) is 0. The molecule has 0 fully saturated rings. The van der Waals surface area contributed by atoms with Gasteiger partial charge in [0.15, 0.2) is 0 Å². The molecule has 0 heterocycles. The Morgan fingerprint density at radius 3 is 2.36 bits per heavy atom. The van der Waals surface area contributed by atoms with E-state index in [0.29, 0.717) is 0 Å². The van der Waals surface area contributed by atoms with Crippen LogP contribution in [-0.2, 0) is 9.53 Å². The zero-order valence-electron chi connectivity index (χ0n) is 6.06. The van der Waals surface area contributed by atoms with Gasteiger partial charge >= 0.3 is 5.97 Å². The number of aliphatic hydroxyl groups excluding tert-OH is 1. The molecule has 0 unspecified atom stereocenters. The lowest BCUT2D eigenvalue weighted by Crippen LogP contribution is -2.27. The second-order valence-electron chi connectivity index (χ2n) is 2.33. The van der Waals surface area contributed by atoms with Crippen LogP contribution in [0.3, 0.4) is 0 Å². The van der Waals surface area contributed by atoms with E-state index in [1.807, 2.05) is 0 Å². The Hall–Kier alpha value is -0.0900. The first-order valence-electron chi connectivity index (χ1n) is 2.95.